The van der Waals surface area contributed by atoms with Gasteiger partial charge in [-0.3, -0.25) is 4.99 Å². The van der Waals surface area contributed by atoms with E-state index in [0.29, 0.717) is 19.8 Å². The fourth-order valence-corrected chi connectivity index (χ4v) is 2.86. The number of benzene rings is 2. The van der Waals surface area contributed by atoms with Crippen molar-refractivity contribution in [3.8, 4) is 5.75 Å². The Hall–Kier alpha value is -2.73. The monoisotopic (exact) mass is 398 g/mol. The van der Waals surface area contributed by atoms with Crippen molar-refractivity contribution in [3.05, 3.63) is 59.2 Å². The van der Waals surface area contributed by atoms with Crippen molar-refractivity contribution < 1.29 is 9.47 Å². The van der Waals surface area contributed by atoms with Gasteiger partial charge in [-0.25, -0.2) is 0 Å². The van der Waals surface area contributed by atoms with Crippen LogP contribution in [-0.4, -0.2) is 54.0 Å². The van der Waals surface area contributed by atoms with Crippen molar-refractivity contribution in [2.45, 2.75) is 19.9 Å². The lowest BCUT2D eigenvalue weighted by Crippen LogP contribution is -2.37. The standard InChI is InChI=1S/C23H34N4O2/c1-18-6-9-20(22(16-18)29-15-14-28-5)17-26-23(24-2)25-13-12-19-7-10-21(11-8-19)27(3)4/h6-11,16H,12-15,17H2,1-5H3,(H2,24,25,26). The molecule has 0 aliphatic heterocycles. The fourth-order valence-electron chi connectivity index (χ4n) is 2.86. The number of methoxy groups -OCH3 is 1. The molecule has 0 saturated carbocycles. The highest BCUT2D eigenvalue weighted by Gasteiger charge is 2.06. The summed E-state index contributed by atoms with van der Waals surface area (Å²) >= 11 is 0. The SMILES string of the molecule is CN=C(NCCc1ccc(N(C)C)cc1)NCc1ccc(C)cc1OCCOC. The lowest BCUT2D eigenvalue weighted by molar-refractivity contribution is 0.145. The van der Waals surface area contributed by atoms with Gasteiger partial charge in [0.1, 0.15) is 12.4 Å². The van der Waals surface area contributed by atoms with Crippen LogP contribution in [0.1, 0.15) is 16.7 Å². The van der Waals surface area contributed by atoms with Crippen LogP contribution >= 0.6 is 0 Å². The maximum Gasteiger partial charge on any atom is 0.191 e. The first-order valence-electron chi connectivity index (χ1n) is 9.95. The molecule has 2 rings (SSSR count). The highest BCUT2D eigenvalue weighted by atomic mass is 16.5. The largest absolute Gasteiger partial charge is 0.491 e. The number of nitrogens with zero attached hydrogens (tertiary/aromatic N) is 2. The molecular weight excluding hydrogens is 364 g/mol. The van der Waals surface area contributed by atoms with Gasteiger partial charge in [0.15, 0.2) is 5.96 Å². The van der Waals surface area contributed by atoms with E-state index >= 15 is 0 Å². The van der Waals surface area contributed by atoms with Crippen LogP contribution in [0.5, 0.6) is 5.75 Å². The first kappa shape index (κ1) is 22.6. The zero-order chi connectivity index (χ0) is 21.1. The summed E-state index contributed by atoms with van der Waals surface area (Å²) in [5.74, 6) is 1.66. The summed E-state index contributed by atoms with van der Waals surface area (Å²) in [4.78, 5) is 6.42. The number of ether oxygens (including phenoxy) is 2. The van der Waals surface area contributed by atoms with Crippen LogP contribution in [0.15, 0.2) is 47.5 Å². The normalized spacial score (nSPS) is 11.3. The van der Waals surface area contributed by atoms with Crippen molar-refractivity contribution in [1.29, 1.82) is 0 Å². The molecule has 6 heteroatoms. The molecule has 0 saturated heterocycles. The van der Waals surface area contributed by atoms with Crippen LogP contribution in [0.2, 0.25) is 0 Å². The number of rotatable bonds is 10. The Morgan fingerprint density at radius 2 is 1.79 bits per heavy atom. The van der Waals surface area contributed by atoms with E-state index in [4.69, 9.17) is 9.47 Å². The van der Waals surface area contributed by atoms with Gasteiger partial charge in [0.2, 0.25) is 0 Å². The van der Waals surface area contributed by atoms with E-state index in [9.17, 15) is 0 Å². The van der Waals surface area contributed by atoms with Crippen molar-refractivity contribution in [3.63, 3.8) is 0 Å². The Morgan fingerprint density at radius 3 is 2.45 bits per heavy atom. The van der Waals surface area contributed by atoms with Crippen molar-refractivity contribution in [1.82, 2.24) is 10.6 Å². The van der Waals surface area contributed by atoms with Crippen LogP contribution in [0.4, 0.5) is 5.69 Å². The van der Waals surface area contributed by atoms with Crippen LogP contribution in [0, 0.1) is 6.92 Å². The van der Waals surface area contributed by atoms with Crippen LogP contribution in [0.3, 0.4) is 0 Å². The van der Waals surface area contributed by atoms with Gasteiger partial charge >= 0.3 is 0 Å². The fraction of sp³-hybridized carbons (Fsp3) is 0.435. The molecule has 0 aliphatic rings. The average Bonchev–Trinajstić information content (AvgIpc) is 2.72. The van der Waals surface area contributed by atoms with Gasteiger partial charge in [-0.05, 0) is 42.7 Å². The maximum atomic E-state index is 5.86. The highest BCUT2D eigenvalue weighted by Crippen LogP contribution is 2.20. The average molecular weight is 399 g/mol. The second-order valence-electron chi connectivity index (χ2n) is 7.12. The maximum absolute atomic E-state index is 5.86. The van der Waals surface area contributed by atoms with Crippen LogP contribution in [-0.2, 0) is 17.7 Å². The van der Waals surface area contributed by atoms with Gasteiger partial charge in [0.05, 0.1) is 6.61 Å². The van der Waals surface area contributed by atoms with Gasteiger partial charge in [0, 0.05) is 52.6 Å². The van der Waals surface area contributed by atoms with E-state index in [-0.39, 0.29) is 0 Å². The predicted molar refractivity (Wildman–Crippen MR) is 121 cm³/mol. The molecule has 0 aromatic heterocycles. The molecule has 0 heterocycles. The van der Waals surface area contributed by atoms with Gasteiger partial charge < -0.3 is 25.0 Å². The number of guanidine groups is 1. The van der Waals surface area contributed by atoms with E-state index in [1.54, 1.807) is 14.2 Å². The topological polar surface area (TPSA) is 58.1 Å². The Kier molecular flexibility index (Phi) is 9.31. The lowest BCUT2D eigenvalue weighted by atomic mass is 10.1. The van der Waals surface area contributed by atoms with Crippen molar-refractivity contribution >= 4 is 11.6 Å². The van der Waals surface area contributed by atoms with Gasteiger partial charge in [-0.2, -0.15) is 0 Å². The molecular formula is C23H34N4O2. The zero-order valence-corrected chi connectivity index (χ0v) is 18.3. The number of aliphatic imine (C=N–C) groups is 1. The molecule has 2 aromatic carbocycles. The van der Waals surface area contributed by atoms with Crippen LogP contribution in [0.25, 0.3) is 0 Å². The molecule has 6 nitrogen and oxygen atoms in total. The van der Waals surface area contributed by atoms with Crippen LogP contribution < -0.4 is 20.3 Å². The van der Waals surface area contributed by atoms with E-state index < -0.39 is 0 Å². The van der Waals surface area contributed by atoms with Crippen molar-refractivity contribution in [2.75, 3.05) is 52.9 Å². The molecule has 158 valence electrons. The molecule has 0 unspecified atom stereocenters. The second kappa shape index (κ2) is 12.0. The molecule has 2 N–H and O–H groups in total. The Bertz CT molecular complexity index is 773. The molecule has 0 amide bonds. The number of aryl methyl sites for hydroxylation is 1. The quantitative estimate of drug-likeness (QED) is 0.366. The molecule has 0 bridgehead atoms. The lowest BCUT2D eigenvalue weighted by Gasteiger charge is -2.16. The smallest absolute Gasteiger partial charge is 0.191 e. The van der Waals surface area contributed by atoms with E-state index in [1.807, 2.05) is 14.1 Å². The number of hydrogen-bond donors (Lipinski definition) is 2. The summed E-state index contributed by atoms with van der Waals surface area (Å²) in [6.45, 7) is 4.62. The summed E-state index contributed by atoms with van der Waals surface area (Å²) < 4.78 is 10.9. The minimum Gasteiger partial charge on any atom is -0.491 e. The predicted octanol–water partition coefficient (Wildman–Crippen LogP) is 2.99. The third kappa shape index (κ3) is 7.66. The van der Waals surface area contributed by atoms with Gasteiger partial charge in [-0.1, -0.05) is 24.3 Å². The summed E-state index contributed by atoms with van der Waals surface area (Å²) in [5, 5.41) is 6.74. The summed E-state index contributed by atoms with van der Waals surface area (Å²) in [6, 6.07) is 14.9. The van der Waals surface area contributed by atoms with E-state index in [1.165, 1.54) is 16.8 Å². The summed E-state index contributed by atoms with van der Waals surface area (Å²) in [5.41, 5.74) is 4.77. The highest BCUT2D eigenvalue weighted by molar-refractivity contribution is 5.79. The van der Waals surface area contributed by atoms with Crippen molar-refractivity contribution in [2.24, 2.45) is 4.99 Å². The summed E-state index contributed by atoms with van der Waals surface area (Å²) in [7, 11) is 7.56. The Labute approximate surface area is 174 Å². The second-order valence-corrected chi connectivity index (χ2v) is 7.12. The molecule has 0 spiro atoms. The van der Waals surface area contributed by atoms with Gasteiger partial charge in [-0.15, -0.1) is 0 Å². The molecule has 0 fully saturated rings. The third-order valence-corrected chi connectivity index (χ3v) is 4.60. The first-order chi connectivity index (χ1) is 14.0. The van der Waals surface area contributed by atoms with E-state index in [2.05, 4.69) is 69.9 Å². The minimum absolute atomic E-state index is 0.534. The molecule has 0 aliphatic carbocycles. The zero-order valence-electron chi connectivity index (χ0n) is 18.3. The van der Waals surface area contributed by atoms with Gasteiger partial charge in [0.25, 0.3) is 0 Å². The number of nitrogens with one attached hydrogen (secondary N) is 2. The van der Waals surface area contributed by atoms with E-state index in [0.717, 1.165) is 30.2 Å². The Balaban J connectivity index is 1.84. The number of hydrogen-bond acceptors (Lipinski definition) is 4. The molecule has 0 atom stereocenters. The molecule has 0 radical (unpaired) electrons. The summed E-state index contributed by atoms with van der Waals surface area (Å²) in [6.07, 6.45) is 0.935. The Morgan fingerprint density at radius 1 is 1.03 bits per heavy atom. The first-order valence-corrected chi connectivity index (χ1v) is 9.95. The molecule has 29 heavy (non-hydrogen) atoms. The number of anilines is 1. The third-order valence-electron chi connectivity index (χ3n) is 4.60. The molecule has 2 aromatic rings. The minimum atomic E-state index is 0.534.